The van der Waals surface area contributed by atoms with Crippen LogP contribution in [0.4, 0.5) is 11.4 Å². The third-order valence-corrected chi connectivity index (χ3v) is 3.73. The van der Waals surface area contributed by atoms with Crippen LogP contribution in [0.3, 0.4) is 0 Å². The molecule has 0 saturated carbocycles. The molecule has 1 saturated heterocycles. The van der Waals surface area contributed by atoms with Gasteiger partial charge in [-0.25, -0.2) is 0 Å². The van der Waals surface area contributed by atoms with Gasteiger partial charge in [0.25, 0.3) is 0 Å². The summed E-state index contributed by atoms with van der Waals surface area (Å²) in [6.07, 6.45) is 1.11. The van der Waals surface area contributed by atoms with Gasteiger partial charge in [0.15, 0.2) is 0 Å². The predicted octanol–water partition coefficient (Wildman–Crippen LogP) is 1.23. The number of hydrogen-bond donors (Lipinski definition) is 2. The molecule has 1 atom stereocenters. The zero-order chi connectivity index (χ0) is 14.5. The van der Waals surface area contributed by atoms with Crippen LogP contribution in [0, 0.1) is 0 Å². The quantitative estimate of drug-likeness (QED) is 0.815. The Balaban J connectivity index is 1.88. The molecule has 1 amide bonds. The molecule has 0 spiro atoms. The van der Waals surface area contributed by atoms with Gasteiger partial charge >= 0.3 is 0 Å². The Kier molecular flexibility index (Phi) is 4.98. The SMILES string of the molecule is CC1CN(C)CCCN1CC(=O)Nc1ccc(N)cc1. The number of anilines is 2. The van der Waals surface area contributed by atoms with Crippen LogP contribution in [0.25, 0.3) is 0 Å². The first kappa shape index (κ1) is 14.8. The molecule has 2 rings (SSSR count). The summed E-state index contributed by atoms with van der Waals surface area (Å²) in [7, 11) is 2.13. The molecule has 1 heterocycles. The number of nitrogens with zero attached hydrogens (tertiary/aromatic N) is 2. The second-order valence-corrected chi connectivity index (χ2v) is 5.61. The van der Waals surface area contributed by atoms with Crippen LogP contribution in [-0.4, -0.2) is 55.0 Å². The number of rotatable bonds is 3. The van der Waals surface area contributed by atoms with Gasteiger partial charge in [0.2, 0.25) is 5.91 Å². The maximum atomic E-state index is 12.1. The summed E-state index contributed by atoms with van der Waals surface area (Å²) >= 11 is 0. The molecule has 5 nitrogen and oxygen atoms in total. The number of nitrogens with one attached hydrogen (secondary N) is 1. The van der Waals surface area contributed by atoms with Gasteiger partial charge in [0.1, 0.15) is 0 Å². The van der Waals surface area contributed by atoms with E-state index in [0.29, 0.717) is 18.3 Å². The number of hydrogen-bond acceptors (Lipinski definition) is 4. The molecular weight excluding hydrogens is 252 g/mol. The Hall–Kier alpha value is -1.59. The summed E-state index contributed by atoms with van der Waals surface area (Å²) in [4.78, 5) is 16.7. The minimum absolute atomic E-state index is 0.0335. The van der Waals surface area contributed by atoms with E-state index < -0.39 is 0 Å². The Labute approximate surface area is 120 Å². The average Bonchev–Trinajstić information content (AvgIpc) is 2.54. The van der Waals surface area contributed by atoms with E-state index in [1.54, 1.807) is 12.1 Å². The van der Waals surface area contributed by atoms with Gasteiger partial charge in [-0.15, -0.1) is 0 Å². The van der Waals surface area contributed by atoms with Crippen LogP contribution >= 0.6 is 0 Å². The van der Waals surface area contributed by atoms with Crippen molar-refractivity contribution in [3.63, 3.8) is 0 Å². The highest BCUT2D eigenvalue weighted by atomic mass is 16.2. The number of carbonyl (C=O) groups excluding carboxylic acids is 1. The van der Waals surface area contributed by atoms with Crippen molar-refractivity contribution in [3.8, 4) is 0 Å². The molecule has 1 aromatic rings. The molecule has 1 aromatic carbocycles. The summed E-state index contributed by atoms with van der Waals surface area (Å²) in [6, 6.07) is 7.64. The van der Waals surface area contributed by atoms with Gasteiger partial charge in [-0.05, 0) is 51.2 Å². The molecule has 5 heteroatoms. The molecule has 1 aliphatic heterocycles. The maximum absolute atomic E-state index is 12.1. The molecule has 1 aliphatic rings. The molecule has 3 N–H and O–H groups in total. The number of amides is 1. The first-order chi connectivity index (χ1) is 9.54. The second kappa shape index (κ2) is 6.72. The van der Waals surface area contributed by atoms with Crippen LogP contribution in [0.1, 0.15) is 13.3 Å². The van der Waals surface area contributed by atoms with E-state index in [9.17, 15) is 4.79 Å². The summed E-state index contributed by atoms with van der Waals surface area (Å²) < 4.78 is 0. The number of carbonyl (C=O) groups is 1. The number of nitrogen functional groups attached to an aromatic ring is 1. The zero-order valence-corrected chi connectivity index (χ0v) is 12.3. The maximum Gasteiger partial charge on any atom is 0.238 e. The molecule has 20 heavy (non-hydrogen) atoms. The lowest BCUT2D eigenvalue weighted by molar-refractivity contribution is -0.117. The van der Waals surface area contributed by atoms with Crippen LogP contribution in [0.2, 0.25) is 0 Å². The number of nitrogens with two attached hydrogens (primary N) is 1. The van der Waals surface area contributed by atoms with E-state index >= 15 is 0 Å². The molecule has 1 unspecified atom stereocenters. The van der Waals surface area contributed by atoms with E-state index in [2.05, 4.69) is 29.1 Å². The minimum atomic E-state index is 0.0335. The topological polar surface area (TPSA) is 61.6 Å². The Morgan fingerprint density at radius 3 is 2.75 bits per heavy atom. The lowest BCUT2D eigenvalue weighted by Gasteiger charge is -2.27. The fourth-order valence-corrected chi connectivity index (χ4v) is 2.61. The molecule has 0 radical (unpaired) electrons. The monoisotopic (exact) mass is 276 g/mol. The number of likely N-dealkylation sites (N-methyl/N-ethyl adjacent to an activating group) is 1. The van der Waals surface area contributed by atoms with Gasteiger partial charge in [0.05, 0.1) is 6.54 Å². The van der Waals surface area contributed by atoms with Crippen molar-refractivity contribution in [2.75, 3.05) is 44.3 Å². The van der Waals surface area contributed by atoms with E-state index in [0.717, 1.165) is 31.7 Å². The lowest BCUT2D eigenvalue weighted by Crippen LogP contribution is -2.42. The fourth-order valence-electron chi connectivity index (χ4n) is 2.61. The van der Waals surface area contributed by atoms with E-state index in [-0.39, 0.29) is 5.91 Å². The molecular formula is C15H24N4O. The van der Waals surface area contributed by atoms with Crippen molar-refractivity contribution in [2.45, 2.75) is 19.4 Å². The highest BCUT2D eigenvalue weighted by Crippen LogP contribution is 2.12. The van der Waals surface area contributed by atoms with Crippen LogP contribution < -0.4 is 11.1 Å². The molecule has 0 aliphatic carbocycles. The highest BCUT2D eigenvalue weighted by Gasteiger charge is 2.21. The van der Waals surface area contributed by atoms with Crippen LogP contribution in [0.5, 0.6) is 0 Å². The summed E-state index contributed by atoms with van der Waals surface area (Å²) in [6.45, 7) is 5.70. The fraction of sp³-hybridized carbons (Fsp3) is 0.533. The third kappa shape index (κ3) is 4.21. The predicted molar refractivity (Wildman–Crippen MR) is 82.6 cm³/mol. The van der Waals surface area contributed by atoms with Gasteiger partial charge in [-0.3, -0.25) is 9.69 Å². The van der Waals surface area contributed by atoms with Crippen molar-refractivity contribution in [3.05, 3.63) is 24.3 Å². The van der Waals surface area contributed by atoms with E-state index in [4.69, 9.17) is 5.73 Å². The third-order valence-electron chi connectivity index (χ3n) is 3.73. The van der Waals surface area contributed by atoms with Gasteiger partial charge in [0, 0.05) is 30.5 Å². The Morgan fingerprint density at radius 2 is 2.05 bits per heavy atom. The van der Waals surface area contributed by atoms with Crippen molar-refractivity contribution >= 4 is 17.3 Å². The van der Waals surface area contributed by atoms with Crippen LogP contribution in [-0.2, 0) is 4.79 Å². The van der Waals surface area contributed by atoms with Gasteiger partial charge in [-0.1, -0.05) is 0 Å². The van der Waals surface area contributed by atoms with Crippen LogP contribution in [0.15, 0.2) is 24.3 Å². The number of benzene rings is 1. The second-order valence-electron chi connectivity index (χ2n) is 5.61. The van der Waals surface area contributed by atoms with E-state index in [1.807, 2.05) is 12.1 Å². The first-order valence-corrected chi connectivity index (χ1v) is 7.12. The van der Waals surface area contributed by atoms with Gasteiger partial charge in [-0.2, -0.15) is 0 Å². The normalized spacial score (nSPS) is 21.4. The first-order valence-electron chi connectivity index (χ1n) is 7.12. The largest absolute Gasteiger partial charge is 0.399 e. The Bertz CT molecular complexity index is 446. The summed E-state index contributed by atoms with van der Waals surface area (Å²) in [5.41, 5.74) is 7.13. The standard InChI is InChI=1S/C15H24N4O/c1-12-10-18(2)8-3-9-19(12)11-15(20)17-14-6-4-13(16)5-7-14/h4-7,12H,3,8-11,16H2,1-2H3,(H,17,20). The van der Waals surface area contributed by atoms with Crippen molar-refractivity contribution in [1.29, 1.82) is 0 Å². The molecule has 0 bridgehead atoms. The molecule has 0 aromatic heterocycles. The average molecular weight is 276 g/mol. The van der Waals surface area contributed by atoms with E-state index in [1.165, 1.54) is 0 Å². The zero-order valence-electron chi connectivity index (χ0n) is 12.3. The molecule has 110 valence electrons. The lowest BCUT2D eigenvalue weighted by atomic mass is 10.2. The summed E-state index contributed by atoms with van der Waals surface area (Å²) in [5.74, 6) is 0.0335. The smallest absolute Gasteiger partial charge is 0.238 e. The van der Waals surface area contributed by atoms with Crippen molar-refractivity contribution < 1.29 is 4.79 Å². The minimum Gasteiger partial charge on any atom is -0.399 e. The summed E-state index contributed by atoms with van der Waals surface area (Å²) in [5, 5.41) is 2.92. The van der Waals surface area contributed by atoms with Crippen molar-refractivity contribution in [1.82, 2.24) is 9.80 Å². The molecule has 1 fully saturated rings. The van der Waals surface area contributed by atoms with Crippen molar-refractivity contribution in [2.24, 2.45) is 0 Å². The van der Waals surface area contributed by atoms with Gasteiger partial charge < -0.3 is 16.0 Å². The highest BCUT2D eigenvalue weighted by molar-refractivity contribution is 5.92. The Morgan fingerprint density at radius 1 is 1.35 bits per heavy atom.